The van der Waals surface area contributed by atoms with Gasteiger partial charge in [0.25, 0.3) is 0 Å². The Balaban J connectivity index is 1.14. The number of fused-ring (bicyclic) bond motifs is 2. The van der Waals surface area contributed by atoms with Crippen LogP contribution in [0.3, 0.4) is 0 Å². The van der Waals surface area contributed by atoms with Gasteiger partial charge in [0, 0.05) is 6.04 Å². The molecule has 0 saturated heterocycles. The van der Waals surface area contributed by atoms with Crippen molar-refractivity contribution in [1.29, 1.82) is 0 Å². The second-order valence-electron chi connectivity index (χ2n) is 9.14. The van der Waals surface area contributed by atoms with E-state index in [1.165, 1.54) is 6.54 Å². The zero-order valence-corrected chi connectivity index (χ0v) is 13.9. The van der Waals surface area contributed by atoms with Crippen LogP contribution in [0.5, 0.6) is 0 Å². The van der Waals surface area contributed by atoms with Gasteiger partial charge in [-0.3, -0.25) is 0 Å². The summed E-state index contributed by atoms with van der Waals surface area (Å²) < 4.78 is 13.3. The van der Waals surface area contributed by atoms with Gasteiger partial charge in [0.05, 0.1) is 0 Å². The minimum absolute atomic E-state index is 0.0965. The molecule has 2 bridgehead atoms. The van der Waals surface area contributed by atoms with Crippen molar-refractivity contribution in [2.24, 2.45) is 47.3 Å². The molecule has 1 nitrogen and oxygen atoms in total. The molecular weight excluding hydrogens is 285 g/mol. The Morgan fingerprint density at radius 2 is 1.78 bits per heavy atom. The summed E-state index contributed by atoms with van der Waals surface area (Å²) >= 11 is 0. The largest absolute Gasteiger partial charge is 0.303 e. The van der Waals surface area contributed by atoms with Crippen molar-refractivity contribution in [3.05, 3.63) is 35.6 Å². The van der Waals surface area contributed by atoms with Crippen molar-refractivity contribution in [2.45, 2.75) is 31.7 Å². The summed E-state index contributed by atoms with van der Waals surface area (Å²) in [6, 6.07) is 8.03. The summed E-state index contributed by atoms with van der Waals surface area (Å²) in [5, 5.41) is 0. The van der Waals surface area contributed by atoms with Crippen LogP contribution in [0.25, 0.3) is 0 Å². The molecule has 0 spiro atoms. The van der Waals surface area contributed by atoms with Gasteiger partial charge in [0.15, 0.2) is 0 Å². The Bertz CT molecular complexity index is 651. The second kappa shape index (κ2) is 4.39. The molecule has 0 heterocycles. The van der Waals surface area contributed by atoms with Gasteiger partial charge in [-0.1, -0.05) is 12.1 Å². The first kappa shape index (κ1) is 13.4. The monoisotopic (exact) mass is 311 g/mol. The van der Waals surface area contributed by atoms with Crippen molar-refractivity contribution in [3.8, 4) is 0 Å². The standard InChI is InChI=1S/C21H26FN/c1-23(7-3-5-11-4-2-6-12(22)8-11)21-18-14-10-15-17-13(14)9-16(18)19(17)20(15)21/h2,4,6,8,13-21H,3,5,7,9-10H2,1H3/t13?,14?,15?,16?,17?,18?,19?,20?,21-/m0/s1. The lowest BCUT2D eigenvalue weighted by Crippen LogP contribution is -2.52. The van der Waals surface area contributed by atoms with E-state index in [9.17, 15) is 4.39 Å². The number of halogens is 1. The third-order valence-electron chi connectivity index (χ3n) is 8.66. The maximum absolute atomic E-state index is 13.3. The van der Waals surface area contributed by atoms with Crippen molar-refractivity contribution >= 4 is 0 Å². The molecular formula is C21H26FN. The first-order chi connectivity index (χ1) is 11.2. The SMILES string of the molecule is CN(CCCc1cccc(F)c1)[C@H]1C2C3CC4C5C3CC2C5C41. The highest BCUT2D eigenvalue weighted by molar-refractivity contribution is 5.29. The van der Waals surface area contributed by atoms with Crippen LogP contribution in [0, 0.1) is 53.2 Å². The number of benzene rings is 1. The Hall–Kier alpha value is -0.890. The lowest BCUT2D eigenvalue weighted by molar-refractivity contribution is -0.0201. The molecule has 2 heteroatoms. The normalized spacial score (nSPS) is 50.3. The van der Waals surface area contributed by atoms with Gasteiger partial charge in [0.1, 0.15) is 5.82 Å². The summed E-state index contributed by atoms with van der Waals surface area (Å²) in [4.78, 5) is 2.71. The Labute approximate surface area is 138 Å². The molecule has 6 rings (SSSR count). The summed E-state index contributed by atoms with van der Waals surface area (Å²) in [5.41, 5.74) is 1.15. The predicted octanol–water partition coefficient (Wildman–Crippen LogP) is 3.84. The first-order valence-corrected chi connectivity index (χ1v) is 9.69. The molecule has 0 radical (unpaired) electrons. The highest BCUT2D eigenvalue weighted by Gasteiger charge is 2.80. The number of nitrogens with zero attached hydrogens (tertiary/aromatic N) is 1. The summed E-state index contributed by atoms with van der Waals surface area (Å²) in [6.45, 7) is 1.18. The van der Waals surface area contributed by atoms with Crippen LogP contribution in [0.4, 0.5) is 4.39 Å². The van der Waals surface area contributed by atoms with Crippen LogP contribution in [0.15, 0.2) is 24.3 Å². The van der Waals surface area contributed by atoms with Gasteiger partial charge >= 0.3 is 0 Å². The van der Waals surface area contributed by atoms with Gasteiger partial charge in [-0.25, -0.2) is 4.39 Å². The molecule has 5 fully saturated rings. The molecule has 0 aromatic heterocycles. The molecule has 5 saturated carbocycles. The molecule has 8 unspecified atom stereocenters. The summed E-state index contributed by atoms with van der Waals surface area (Å²) in [7, 11) is 2.38. The summed E-state index contributed by atoms with van der Waals surface area (Å²) in [6.07, 6.45) is 5.35. The number of aryl methyl sites for hydroxylation is 1. The first-order valence-electron chi connectivity index (χ1n) is 9.69. The third kappa shape index (κ3) is 1.52. The quantitative estimate of drug-likeness (QED) is 0.799. The van der Waals surface area contributed by atoms with Crippen molar-refractivity contribution in [1.82, 2.24) is 4.90 Å². The van der Waals surface area contributed by atoms with Crippen molar-refractivity contribution in [2.75, 3.05) is 13.6 Å². The lowest BCUT2D eigenvalue weighted by atomic mass is 9.58. The Kier molecular flexibility index (Phi) is 2.56. The Morgan fingerprint density at radius 1 is 1.00 bits per heavy atom. The van der Waals surface area contributed by atoms with Crippen molar-refractivity contribution in [3.63, 3.8) is 0 Å². The molecule has 5 aliphatic rings. The zero-order valence-electron chi connectivity index (χ0n) is 13.9. The number of rotatable bonds is 5. The zero-order chi connectivity index (χ0) is 15.3. The lowest BCUT2D eigenvalue weighted by Gasteiger charge is -2.50. The van der Waals surface area contributed by atoms with Crippen LogP contribution < -0.4 is 0 Å². The van der Waals surface area contributed by atoms with Crippen LogP contribution in [-0.4, -0.2) is 24.5 Å². The van der Waals surface area contributed by atoms with Gasteiger partial charge in [-0.2, -0.15) is 0 Å². The van der Waals surface area contributed by atoms with Crippen LogP contribution >= 0.6 is 0 Å². The Morgan fingerprint density at radius 3 is 2.61 bits per heavy atom. The molecule has 0 aliphatic heterocycles. The highest BCUT2D eigenvalue weighted by atomic mass is 19.1. The fourth-order valence-corrected chi connectivity index (χ4v) is 8.38. The number of hydrogen-bond acceptors (Lipinski definition) is 1. The van der Waals surface area contributed by atoms with E-state index in [0.29, 0.717) is 0 Å². The minimum atomic E-state index is -0.0965. The highest BCUT2D eigenvalue weighted by Crippen LogP contribution is 2.83. The average Bonchev–Trinajstić information content (AvgIpc) is 3.06. The van der Waals surface area contributed by atoms with E-state index in [4.69, 9.17) is 0 Å². The maximum Gasteiger partial charge on any atom is 0.123 e. The second-order valence-corrected chi connectivity index (χ2v) is 9.14. The van der Waals surface area contributed by atoms with E-state index in [2.05, 4.69) is 18.0 Å². The topological polar surface area (TPSA) is 3.24 Å². The fraction of sp³-hybridized carbons (Fsp3) is 0.714. The minimum Gasteiger partial charge on any atom is -0.303 e. The van der Waals surface area contributed by atoms with Crippen LogP contribution in [-0.2, 0) is 6.42 Å². The summed E-state index contributed by atoms with van der Waals surface area (Å²) in [5.74, 6) is 8.75. The van der Waals surface area contributed by atoms with Crippen LogP contribution in [0.1, 0.15) is 24.8 Å². The number of hydrogen-bond donors (Lipinski definition) is 0. The third-order valence-corrected chi connectivity index (χ3v) is 8.66. The van der Waals surface area contributed by atoms with E-state index in [-0.39, 0.29) is 5.82 Å². The van der Waals surface area contributed by atoms with Gasteiger partial charge in [-0.05, 0) is 104 Å². The van der Waals surface area contributed by atoms with Crippen molar-refractivity contribution < 1.29 is 4.39 Å². The molecule has 122 valence electrons. The molecule has 0 amide bonds. The fourth-order valence-electron chi connectivity index (χ4n) is 8.38. The van der Waals surface area contributed by atoms with E-state index < -0.39 is 0 Å². The van der Waals surface area contributed by atoms with Gasteiger partial charge in [-0.15, -0.1) is 0 Å². The van der Waals surface area contributed by atoms with Crippen LogP contribution in [0.2, 0.25) is 0 Å². The van der Waals surface area contributed by atoms with Gasteiger partial charge in [0.2, 0.25) is 0 Å². The van der Waals surface area contributed by atoms with E-state index in [0.717, 1.165) is 71.8 Å². The molecule has 23 heavy (non-hydrogen) atoms. The van der Waals surface area contributed by atoms with E-state index in [1.807, 2.05) is 6.07 Å². The maximum atomic E-state index is 13.3. The molecule has 1 aromatic rings. The molecule has 0 N–H and O–H groups in total. The smallest absolute Gasteiger partial charge is 0.123 e. The average molecular weight is 311 g/mol. The predicted molar refractivity (Wildman–Crippen MR) is 88.3 cm³/mol. The molecule has 5 aliphatic carbocycles. The van der Waals surface area contributed by atoms with Gasteiger partial charge < -0.3 is 4.90 Å². The molecule has 9 atom stereocenters. The van der Waals surface area contributed by atoms with E-state index in [1.54, 1.807) is 25.0 Å². The van der Waals surface area contributed by atoms with E-state index >= 15 is 0 Å². The molecule has 1 aromatic carbocycles.